The number of aliphatic hydroxyl groups excluding tert-OH is 1. The molecule has 1 fully saturated rings. The molecule has 2 bridgehead atoms. The summed E-state index contributed by atoms with van der Waals surface area (Å²) < 4.78 is 0. The molecule has 1 saturated heterocycles. The molecule has 0 amide bonds. The fraction of sp³-hybridized carbons (Fsp3) is 0.467. The van der Waals surface area contributed by atoms with Gasteiger partial charge in [-0.3, -0.25) is 4.90 Å². The van der Waals surface area contributed by atoms with Gasteiger partial charge >= 0.3 is 0 Å². The minimum Gasteiger partial charge on any atom is -0.387 e. The highest BCUT2D eigenvalue weighted by Gasteiger charge is 2.40. The number of hydrogen-bond donors (Lipinski definition) is 1. The summed E-state index contributed by atoms with van der Waals surface area (Å²) in [7, 11) is 2.14. The molecule has 2 heteroatoms. The first-order valence-electron chi connectivity index (χ1n) is 6.40. The zero-order chi connectivity index (χ0) is 11.8. The minimum atomic E-state index is -0.376. The van der Waals surface area contributed by atoms with E-state index < -0.39 is 0 Å². The van der Waals surface area contributed by atoms with Crippen LogP contribution < -0.4 is 0 Å². The zero-order valence-electron chi connectivity index (χ0n) is 10.2. The van der Waals surface area contributed by atoms with Gasteiger partial charge in [0.25, 0.3) is 0 Å². The highest BCUT2D eigenvalue weighted by molar-refractivity contribution is 5.22. The first-order chi connectivity index (χ1) is 8.27. The maximum absolute atomic E-state index is 10.6. The van der Waals surface area contributed by atoms with Crippen molar-refractivity contribution in [3.05, 3.63) is 48.0 Å². The van der Waals surface area contributed by atoms with Crippen molar-refractivity contribution in [2.75, 3.05) is 7.05 Å². The molecule has 2 nitrogen and oxygen atoms in total. The Morgan fingerprint density at radius 2 is 1.94 bits per heavy atom. The Labute approximate surface area is 103 Å². The van der Waals surface area contributed by atoms with E-state index in [1.165, 1.54) is 12.8 Å². The van der Waals surface area contributed by atoms with Crippen molar-refractivity contribution in [3.63, 3.8) is 0 Å². The third-order valence-corrected chi connectivity index (χ3v) is 4.27. The second-order valence-electron chi connectivity index (χ2n) is 5.21. The van der Waals surface area contributed by atoms with Crippen molar-refractivity contribution in [2.24, 2.45) is 5.92 Å². The average Bonchev–Trinajstić information content (AvgIpc) is 2.40. The topological polar surface area (TPSA) is 23.5 Å². The maximum Gasteiger partial charge on any atom is 0.0951 e. The van der Waals surface area contributed by atoms with Gasteiger partial charge in [0.1, 0.15) is 0 Å². The highest BCUT2D eigenvalue weighted by atomic mass is 16.3. The summed E-state index contributed by atoms with van der Waals surface area (Å²) >= 11 is 0. The van der Waals surface area contributed by atoms with Crippen LogP contribution in [-0.2, 0) is 0 Å². The van der Waals surface area contributed by atoms with Gasteiger partial charge in [0, 0.05) is 12.1 Å². The molecular formula is C15H19NO. The van der Waals surface area contributed by atoms with Gasteiger partial charge in [-0.1, -0.05) is 42.5 Å². The fourth-order valence-corrected chi connectivity index (χ4v) is 3.28. The van der Waals surface area contributed by atoms with Crippen LogP contribution in [0.15, 0.2) is 42.5 Å². The molecule has 0 saturated carbocycles. The number of rotatable bonds is 2. The molecule has 3 aliphatic rings. The average molecular weight is 229 g/mol. The van der Waals surface area contributed by atoms with Gasteiger partial charge in [-0.25, -0.2) is 0 Å². The molecule has 0 spiro atoms. The van der Waals surface area contributed by atoms with Gasteiger partial charge in [0.15, 0.2) is 0 Å². The van der Waals surface area contributed by atoms with Crippen molar-refractivity contribution in [3.8, 4) is 0 Å². The second-order valence-corrected chi connectivity index (χ2v) is 5.21. The lowest BCUT2D eigenvalue weighted by Gasteiger charge is -2.48. The Balaban J connectivity index is 1.87. The second kappa shape index (κ2) is 4.28. The molecule has 2 aliphatic heterocycles. The van der Waals surface area contributed by atoms with Crippen LogP contribution >= 0.6 is 0 Å². The van der Waals surface area contributed by atoms with Crippen LogP contribution in [-0.4, -0.2) is 29.1 Å². The molecular weight excluding hydrogens is 210 g/mol. The van der Waals surface area contributed by atoms with Gasteiger partial charge in [0.2, 0.25) is 0 Å². The standard InChI is InChI=1S/C15H19NO/c1-16-13-9-7-11(8-10-13)14(16)15(17)12-5-3-2-4-6-12/h2-7,9,11,13-15,17H,8,10H2,1H3. The zero-order valence-corrected chi connectivity index (χ0v) is 10.2. The number of nitrogens with zero attached hydrogens (tertiary/aromatic N) is 1. The Kier molecular flexibility index (Phi) is 2.77. The molecule has 1 aliphatic carbocycles. The van der Waals surface area contributed by atoms with Crippen LogP contribution in [0.2, 0.25) is 0 Å². The fourth-order valence-electron chi connectivity index (χ4n) is 3.28. The van der Waals surface area contributed by atoms with Gasteiger partial charge < -0.3 is 5.11 Å². The first kappa shape index (κ1) is 11.0. The van der Waals surface area contributed by atoms with Crippen LogP contribution in [0.4, 0.5) is 0 Å². The van der Waals surface area contributed by atoms with Crippen molar-refractivity contribution in [1.82, 2.24) is 4.90 Å². The molecule has 0 aromatic heterocycles. The summed E-state index contributed by atoms with van der Waals surface area (Å²) in [6.07, 6.45) is 6.65. The van der Waals surface area contributed by atoms with E-state index in [9.17, 15) is 5.11 Å². The summed E-state index contributed by atoms with van der Waals surface area (Å²) in [5.41, 5.74) is 1.03. The summed E-state index contributed by atoms with van der Waals surface area (Å²) in [6, 6.07) is 10.8. The third kappa shape index (κ3) is 1.81. The lowest BCUT2D eigenvalue weighted by Crippen LogP contribution is -2.53. The quantitative estimate of drug-likeness (QED) is 0.787. The van der Waals surface area contributed by atoms with Crippen molar-refractivity contribution in [2.45, 2.75) is 31.0 Å². The Morgan fingerprint density at radius 3 is 2.53 bits per heavy atom. The highest BCUT2D eigenvalue weighted by Crippen LogP contribution is 2.39. The third-order valence-electron chi connectivity index (χ3n) is 4.27. The predicted octanol–water partition coefficient (Wildman–Crippen LogP) is 2.37. The van der Waals surface area contributed by atoms with Gasteiger partial charge in [-0.2, -0.15) is 0 Å². The Morgan fingerprint density at radius 1 is 1.18 bits per heavy atom. The van der Waals surface area contributed by atoms with E-state index in [0.29, 0.717) is 12.0 Å². The van der Waals surface area contributed by atoms with E-state index in [0.717, 1.165) is 5.56 Å². The summed E-state index contributed by atoms with van der Waals surface area (Å²) in [6.45, 7) is 0. The van der Waals surface area contributed by atoms with E-state index in [1.54, 1.807) is 0 Å². The number of likely N-dealkylation sites (N-methyl/N-ethyl adjacent to an activating group) is 1. The van der Waals surface area contributed by atoms with Crippen LogP contribution in [0.25, 0.3) is 0 Å². The molecule has 4 atom stereocenters. The van der Waals surface area contributed by atoms with E-state index in [4.69, 9.17) is 0 Å². The van der Waals surface area contributed by atoms with Crippen molar-refractivity contribution < 1.29 is 5.11 Å². The van der Waals surface area contributed by atoms with Crippen molar-refractivity contribution >= 4 is 0 Å². The number of fused-ring (bicyclic) bond motifs is 2. The monoisotopic (exact) mass is 229 g/mol. The molecule has 2 heterocycles. The lowest BCUT2D eigenvalue weighted by atomic mass is 9.77. The van der Waals surface area contributed by atoms with E-state index in [-0.39, 0.29) is 12.1 Å². The van der Waals surface area contributed by atoms with Crippen LogP contribution in [0.5, 0.6) is 0 Å². The van der Waals surface area contributed by atoms with Gasteiger partial charge in [-0.05, 0) is 31.4 Å². The Hall–Kier alpha value is -1.12. The van der Waals surface area contributed by atoms with Crippen LogP contribution in [0, 0.1) is 5.92 Å². The molecule has 90 valence electrons. The molecule has 17 heavy (non-hydrogen) atoms. The lowest BCUT2D eigenvalue weighted by molar-refractivity contribution is -0.00819. The largest absolute Gasteiger partial charge is 0.387 e. The molecule has 1 aromatic rings. The predicted molar refractivity (Wildman–Crippen MR) is 68.6 cm³/mol. The minimum absolute atomic E-state index is 0.237. The normalized spacial score (nSPS) is 33.9. The summed E-state index contributed by atoms with van der Waals surface area (Å²) in [4.78, 5) is 2.34. The van der Waals surface area contributed by atoms with Crippen LogP contribution in [0.3, 0.4) is 0 Å². The molecule has 1 aromatic carbocycles. The van der Waals surface area contributed by atoms with Gasteiger partial charge in [0.05, 0.1) is 6.10 Å². The van der Waals surface area contributed by atoms with E-state index in [1.807, 2.05) is 30.3 Å². The molecule has 4 unspecified atom stereocenters. The number of piperidine rings is 1. The van der Waals surface area contributed by atoms with E-state index >= 15 is 0 Å². The van der Waals surface area contributed by atoms with Crippen LogP contribution in [0.1, 0.15) is 24.5 Å². The molecule has 1 N–H and O–H groups in total. The van der Waals surface area contributed by atoms with Crippen molar-refractivity contribution in [1.29, 1.82) is 0 Å². The van der Waals surface area contributed by atoms with Gasteiger partial charge in [-0.15, -0.1) is 0 Å². The molecule has 0 radical (unpaired) electrons. The smallest absolute Gasteiger partial charge is 0.0951 e. The number of hydrogen-bond acceptors (Lipinski definition) is 2. The maximum atomic E-state index is 10.6. The van der Waals surface area contributed by atoms with E-state index in [2.05, 4.69) is 24.1 Å². The summed E-state index contributed by atoms with van der Waals surface area (Å²) in [5.74, 6) is 0.500. The molecule has 4 rings (SSSR count). The summed E-state index contributed by atoms with van der Waals surface area (Å²) in [5, 5.41) is 10.6. The SMILES string of the molecule is CN1C2C=CC(CC2)C1C(O)c1ccccc1. The first-order valence-corrected chi connectivity index (χ1v) is 6.40. The number of aliphatic hydroxyl groups is 1. The Bertz CT molecular complexity index is 414. The number of benzene rings is 1.